The monoisotopic (exact) mass is 604 g/mol. The first-order valence-electron chi connectivity index (χ1n) is 15.1. The van der Waals surface area contributed by atoms with Crippen molar-refractivity contribution < 1.29 is 24.3 Å². The lowest BCUT2D eigenvalue weighted by atomic mass is 10.1. The van der Waals surface area contributed by atoms with Gasteiger partial charge in [0.05, 0.1) is 10.5 Å². The molecule has 1 fully saturated rings. The summed E-state index contributed by atoms with van der Waals surface area (Å²) < 4.78 is 0. The van der Waals surface area contributed by atoms with Gasteiger partial charge < -0.3 is 25.6 Å². The number of aromatic amines is 1. The zero-order valence-electron chi connectivity index (χ0n) is 25.1. The maximum atomic E-state index is 12.8. The van der Waals surface area contributed by atoms with Gasteiger partial charge in [-0.3, -0.25) is 24.1 Å². The van der Waals surface area contributed by atoms with Crippen molar-refractivity contribution in [1.82, 2.24) is 25.4 Å². The van der Waals surface area contributed by atoms with Gasteiger partial charge in [-0.2, -0.15) is 0 Å². The van der Waals surface area contributed by atoms with Crippen LogP contribution in [0.3, 0.4) is 0 Å². The van der Waals surface area contributed by atoms with E-state index < -0.39 is 0 Å². The van der Waals surface area contributed by atoms with Crippen LogP contribution in [0.4, 0.5) is 0 Å². The molecule has 2 aromatic rings. The zero-order chi connectivity index (χ0) is 30.3. The van der Waals surface area contributed by atoms with Crippen molar-refractivity contribution >= 4 is 40.4 Å². The third kappa shape index (κ3) is 10.2. The fourth-order valence-electron chi connectivity index (χ4n) is 5.40. The number of aromatic hydroxyl groups is 1. The first-order valence-corrected chi connectivity index (χ1v) is 16.3. The number of amides is 3. The van der Waals surface area contributed by atoms with Crippen molar-refractivity contribution in [1.29, 1.82) is 0 Å². The molecular weight excluding hydrogens is 556 g/mol. The molecule has 2 heterocycles. The highest BCUT2D eigenvalue weighted by Gasteiger charge is 2.23. The molecule has 0 aliphatic carbocycles. The van der Waals surface area contributed by atoms with Crippen LogP contribution in [0.2, 0.25) is 0 Å². The highest BCUT2D eigenvalue weighted by atomic mass is 32.2. The number of carbonyl (C=O) groups excluding carboxylic acids is 3. The topological polar surface area (TPSA) is 153 Å². The molecule has 0 spiro atoms. The molecule has 0 radical (unpaired) electrons. The minimum Gasteiger partial charge on any atom is -0.508 e. The number of fused-ring (bicyclic) bond motifs is 1. The summed E-state index contributed by atoms with van der Waals surface area (Å²) >= 11 is 1.70. The number of H-pyrrole nitrogens is 1. The molecule has 3 rings (SSSR count). The zero-order valence-corrected chi connectivity index (χ0v) is 26.0. The summed E-state index contributed by atoms with van der Waals surface area (Å²) in [6.07, 6.45) is 9.02. The standard InChI is InChI=1S/C30H48N6O5S/c1-3-22-23-12-13-25(37)24(29(23)34-30(22)42-2)20-35-16-18-36(19-17-35)28(40)11-7-5-9-14-32-26(38)10-6-4-8-15-33-27(39)21-41-31/h12-13,34,37H,3-11,14-21,31H2,1-2H3,(H,32,38)(H,33,39). The molecule has 1 aromatic heterocycles. The number of hydrogen-bond acceptors (Lipinski definition) is 8. The number of benzene rings is 1. The summed E-state index contributed by atoms with van der Waals surface area (Å²) in [4.78, 5) is 48.0. The molecule has 1 saturated heterocycles. The summed E-state index contributed by atoms with van der Waals surface area (Å²) in [5.41, 5.74) is 3.24. The van der Waals surface area contributed by atoms with Crippen LogP contribution >= 0.6 is 11.8 Å². The molecule has 12 heteroatoms. The summed E-state index contributed by atoms with van der Waals surface area (Å²) in [6, 6.07) is 3.80. The molecule has 1 aliphatic heterocycles. The van der Waals surface area contributed by atoms with Gasteiger partial charge in [-0.15, -0.1) is 11.8 Å². The molecular formula is C30H48N6O5S. The first kappa shape index (κ1) is 33.7. The summed E-state index contributed by atoms with van der Waals surface area (Å²) in [5.74, 6) is 5.15. The van der Waals surface area contributed by atoms with Crippen LogP contribution in [0.25, 0.3) is 10.9 Å². The van der Waals surface area contributed by atoms with Crippen LogP contribution in [0.1, 0.15) is 69.4 Å². The Balaban J connectivity index is 1.26. The Morgan fingerprint density at radius 1 is 0.952 bits per heavy atom. The number of nitrogens with one attached hydrogen (secondary N) is 3. The minimum absolute atomic E-state index is 0.0424. The minimum atomic E-state index is -0.242. The molecule has 3 amide bonds. The summed E-state index contributed by atoms with van der Waals surface area (Å²) in [5, 5.41) is 18.6. The van der Waals surface area contributed by atoms with E-state index in [0.717, 1.165) is 74.1 Å². The Kier molecular flexibility index (Phi) is 14.4. The number of nitrogens with zero attached hydrogens (tertiary/aromatic N) is 2. The van der Waals surface area contributed by atoms with Crippen LogP contribution in [0.5, 0.6) is 5.75 Å². The van der Waals surface area contributed by atoms with Crippen molar-refractivity contribution in [3.05, 3.63) is 23.3 Å². The molecule has 0 bridgehead atoms. The fraction of sp³-hybridized carbons (Fsp3) is 0.633. The number of phenolic OH excluding ortho intramolecular Hbond substituents is 1. The van der Waals surface area contributed by atoms with E-state index in [0.29, 0.717) is 51.3 Å². The number of thioether (sulfide) groups is 1. The lowest BCUT2D eigenvalue weighted by Gasteiger charge is -2.35. The van der Waals surface area contributed by atoms with Gasteiger partial charge in [0, 0.05) is 69.6 Å². The molecule has 0 saturated carbocycles. The van der Waals surface area contributed by atoms with E-state index in [1.54, 1.807) is 17.8 Å². The number of aromatic nitrogens is 1. The average Bonchev–Trinajstić information content (AvgIpc) is 3.36. The van der Waals surface area contributed by atoms with E-state index in [2.05, 4.69) is 38.5 Å². The van der Waals surface area contributed by atoms with Gasteiger partial charge in [0.1, 0.15) is 12.4 Å². The van der Waals surface area contributed by atoms with Crippen LogP contribution < -0.4 is 16.5 Å². The predicted molar refractivity (Wildman–Crippen MR) is 166 cm³/mol. The van der Waals surface area contributed by atoms with Crippen molar-refractivity contribution in [2.75, 3.05) is 52.1 Å². The van der Waals surface area contributed by atoms with Crippen LogP contribution in [0.15, 0.2) is 17.2 Å². The van der Waals surface area contributed by atoms with Crippen molar-refractivity contribution in [2.24, 2.45) is 5.90 Å². The lowest BCUT2D eigenvalue weighted by molar-refractivity contribution is -0.133. The number of unbranched alkanes of at least 4 members (excludes halogenated alkanes) is 4. The van der Waals surface area contributed by atoms with E-state index in [1.165, 1.54) is 10.9 Å². The maximum Gasteiger partial charge on any atom is 0.248 e. The third-order valence-corrected chi connectivity index (χ3v) is 8.55. The predicted octanol–water partition coefficient (Wildman–Crippen LogP) is 3.05. The molecule has 234 valence electrons. The Morgan fingerprint density at radius 2 is 1.62 bits per heavy atom. The van der Waals surface area contributed by atoms with Gasteiger partial charge >= 0.3 is 0 Å². The van der Waals surface area contributed by atoms with Gasteiger partial charge in [-0.1, -0.05) is 19.8 Å². The molecule has 0 unspecified atom stereocenters. The summed E-state index contributed by atoms with van der Waals surface area (Å²) in [6.45, 7) is 6.78. The summed E-state index contributed by atoms with van der Waals surface area (Å²) in [7, 11) is 0. The first-order chi connectivity index (χ1) is 20.4. The van der Waals surface area contributed by atoms with E-state index in [-0.39, 0.29) is 24.3 Å². The number of nitrogens with two attached hydrogens (primary N) is 1. The number of piperazine rings is 1. The Morgan fingerprint density at radius 3 is 2.26 bits per heavy atom. The smallest absolute Gasteiger partial charge is 0.248 e. The van der Waals surface area contributed by atoms with Crippen LogP contribution in [-0.4, -0.2) is 89.7 Å². The van der Waals surface area contributed by atoms with E-state index in [1.807, 2.05) is 11.0 Å². The molecule has 1 aliphatic rings. The highest BCUT2D eigenvalue weighted by Crippen LogP contribution is 2.35. The fourth-order valence-corrected chi connectivity index (χ4v) is 6.11. The maximum absolute atomic E-state index is 12.8. The Bertz CT molecular complexity index is 1160. The van der Waals surface area contributed by atoms with Crippen LogP contribution in [-0.2, 0) is 32.2 Å². The van der Waals surface area contributed by atoms with Crippen molar-refractivity contribution in [2.45, 2.75) is 76.3 Å². The molecule has 1 aromatic carbocycles. The molecule has 6 N–H and O–H groups in total. The SMILES string of the molecule is CCc1c(SC)[nH]c2c(CN3CCN(C(=O)CCCCCNC(=O)CCCCCNC(=O)CON)CC3)c(O)ccc12. The third-order valence-electron chi connectivity index (χ3n) is 7.80. The number of phenols is 1. The molecule has 0 atom stereocenters. The Labute approximate surface area is 253 Å². The molecule has 42 heavy (non-hydrogen) atoms. The van der Waals surface area contributed by atoms with Gasteiger partial charge in [-0.05, 0) is 56.1 Å². The number of hydrogen-bond donors (Lipinski definition) is 5. The van der Waals surface area contributed by atoms with Crippen LogP contribution in [0, 0.1) is 0 Å². The quantitative estimate of drug-likeness (QED) is 0.0989. The second-order valence-electron chi connectivity index (χ2n) is 10.8. The van der Waals surface area contributed by atoms with Gasteiger partial charge in [0.15, 0.2) is 0 Å². The number of aryl methyl sites for hydroxylation is 1. The van der Waals surface area contributed by atoms with Gasteiger partial charge in [-0.25, -0.2) is 5.90 Å². The van der Waals surface area contributed by atoms with Gasteiger partial charge in [0.2, 0.25) is 17.7 Å². The van der Waals surface area contributed by atoms with Crippen molar-refractivity contribution in [3.8, 4) is 5.75 Å². The second-order valence-corrected chi connectivity index (χ2v) is 11.6. The number of carbonyl (C=O) groups is 3. The lowest BCUT2D eigenvalue weighted by Crippen LogP contribution is -2.48. The van der Waals surface area contributed by atoms with Crippen molar-refractivity contribution in [3.63, 3.8) is 0 Å². The van der Waals surface area contributed by atoms with E-state index in [4.69, 9.17) is 5.90 Å². The van der Waals surface area contributed by atoms with Gasteiger partial charge in [0.25, 0.3) is 0 Å². The Hall–Kier alpha value is -2.80. The average molecular weight is 605 g/mol. The second kappa shape index (κ2) is 18.0. The normalized spacial score (nSPS) is 13.9. The number of rotatable bonds is 18. The molecule has 11 nitrogen and oxygen atoms in total. The largest absolute Gasteiger partial charge is 0.508 e. The highest BCUT2D eigenvalue weighted by molar-refractivity contribution is 7.98. The van der Waals surface area contributed by atoms with E-state index >= 15 is 0 Å². The van der Waals surface area contributed by atoms with E-state index in [9.17, 15) is 19.5 Å².